The first-order valence-corrected chi connectivity index (χ1v) is 8.10. The summed E-state index contributed by atoms with van der Waals surface area (Å²) in [6.07, 6.45) is 1.25. The molecule has 126 valence electrons. The highest BCUT2D eigenvalue weighted by Gasteiger charge is 2.18. The van der Waals surface area contributed by atoms with Crippen LogP contribution in [-0.4, -0.2) is 30.1 Å². The van der Waals surface area contributed by atoms with Crippen LogP contribution >= 0.6 is 0 Å². The van der Waals surface area contributed by atoms with Crippen LogP contribution in [0.4, 0.5) is 0 Å². The van der Waals surface area contributed by atoms with E-state index in [1.54, 1.807) is 37.3 Å². The van der Waals surface area contributed by atoms with Gasteiger partial charge in [-0.3, -0.25) is 9.59 Å². The summed E-state index contributed by atoms with van der Waals surface area (Å²) in [4.78, 5) is 24.6. The van der Waals surface area contributed by atoms with E-state index < -0.39 is 5.92 Å². The molecule has 0 radical (unpaired) electrons. The summed E-state index contributed by atoms with van der Waals surface area (Å²) in [6, 6.07) is 16.1. The second kappa shape index (κ2) is 8.99. The molecule has 4 nitrogen and oxygen atoms in total. The van der Waals surface area contributed by atoms with E-state index in [4.69, 9.17) is 9.84 Å². The topological polar surface area (TPSA) is 63.6 Å². The summed E-state index contributed by atoms with van der Waals surface area (Å²) in [5.41, 5.74) is 1.93. The van der Waals surface area contributed by atoms with Crippen LogP contribution < -0.4 is 0 Å². The van der Waals surface area contributed by atoms with Gasteiger partial charge in [-0.2, -0.15) is 0 Å². The Morgan fingerprint density at radius 2 is 1.71 bits per heavy atom. The number of esters is 1. The van der Waals surface area contributed by atoms with Crippen molar-refractivity contribution < 1.29 is 19.4 Å². The van der Waals surface area contributed by atoms with Gasteiger partial charge in [-0.05, 0) is 31.4 Å². The van der Waals surface area contributed by atoms with Crippen molar-refractivity contribution in [3.8, 4) is 0 Å². The molecule has 0 aromatic heterocycles. The highest BCUT2D eigenvalue weighted by Crippen LogP contribution is 2.20. The van der Waals surface area contributed by atoms with Gasteiger partial charge in [0.1, 0.15) is 0 Å². The van der Waals surface area contributed by atoms with E-state index in [0.717, 1.165) is 5.56 Å². The van der Waals surface area contributed by atoms with E-state index in [9.17, 15) is 9.59 Å². The summed E-state index contributed by atoms with van der Waals surface area (Å²) in [6.45, 7) is 2.16. The quantitative estimate of drug-likeness (QED) is 0.459. The lowest BCUT2D eigenvalue weighted by molar-refractivity contribution is -0.145. The van der Waals surface area contributed by atoms with Crippen LogP contribution in [0.25, 0.3) is 0 Å². The molecule has 2 rings (SSSR count). The summed E-state index contributed by atoms with van der Waals surface area (Å²) >= 11 is 0. The van der Waals surface area contributed by atoms with E-state index in [-0.39, 0.29) is 18.4 Å². The Morgan fingerprint density at radius 3 is 2.42 bits per heavy atom. The van der Waals surface area contributed by atoms with E-state index in [1.807, 2.05) is 24.3 Å². The standard InChI is InChI=1S/C20H22O4/c1-15(20(23)24-13-6-5-12-21)17-10-7-11-18(14-17)19(22)16-8-3-2-4-9-16/h2-4,7-11,14-15,21H,5-6,12-13H2,1H3. The maximum Gasteiger partial charge on any atom is 0.313 e. The maximum absolute atomic E-state index is 12.5. The molecule has 0 bridgehead atoms. The van der Waals surface area contributed by atoms with Gasteiger partial charge in [-0.1, -0.05) is 48.5 Å². The fourth-order valence-electron chi connectivity index (χ4n) is 2.35. The van der Waals surface area contributed by atoms with E-state index in [0.29, 0.717) is 30.6 Å². The second-order valence-electron chi connectivity index (χ2n) is 5.64. The molecule has 0 amide bonds. The maximum atomic E-state index is 12.5. The summed E-state index contributed by atoms with van der Waals surface area (Å²) < 4.78 is 5.21. The van der Waals surface area contributed by atoms with Gasteiger partial charge in [0.15, 0.2) is 5.78 Å². The van der Waals surface area contributed by atoms with Crippen LogP contribution in [0.15, 0.2) is 54.6 Å². The molecule has 2 aromatic carbocycles. The van der Waals surface area contributed by atoms with Gasteiger partial charge in [0.25, 0.3) is 0 Å². The fourth-order valence-corrected chi connectivity index (χ4v) is 2.35. The highest BCUT2D eigenvalue weighted by atomic mass is 16.5. The van der Waals surface area contributed by atoms with Crippen LogP contribution in [0.1, 0.15) is 47.2 Å². The zero-order chi connectivity index (χ0) is 17.4. The van der Waals surface area contributed by atoms with Gasteiger partial charge in [0, 0.05) is 17.7 Å². The Balaban J connectivity index is 2.06. The number of benzene rings is 2. The van der Waals surface area contributed by atoms with Crippen molar-refractivity contribution in [3.63, 3.8) is 0 Å². The lowest BCUT2D eigenvalue weighted by Gasteiger charge is -2.13. The molecule has 0 saturated carbocycles. The molecule has 0 aliphatic carbocycles. The lowest BCUT2D eigenvalue weighted by Crippen LogP contribution is -2.14. The molecule has 1 atom stereocenters. The summed E-state index contributed by atoms with van der Waals surface area (Å²) in [5.74, 6) is -0.833. The third kappa shape index (κ3) is 4.77. The van der Waals surface area contributed by atoms with Crippen molar-refractivity contribution in [1.29, 1.82) is 0 Å². The molecular formula is C20H22O4. The van der Waals surface area contributed by atoms with Crippen LogP contribution in [0.5, 0.6) is 0 Å². The smallest absolute Gasteiger partial charge is 0.313 e. The number of ether oxygens (including phenoxy) is 1. The number of hydrogen-bond donors (Lipinski definition) is 1. The number of ketones is 1. The van der Waals surface area contributed by atoms with E-state index >= 15 is 0 Å². The Kier molecular flexibility index (Phi) is 6.70. The Morgan fingerprint density at radius 1 is 1.00 bits per heavy atom. The molecule has 0 fully saturated rings. The zero-order valence-corrected chi connectivity index (χ0v) is 13.8. The molecule has 1 unspecified atom stereocenters. The number of aliphatic hydroxyl groups is 1. The van der Waals surface area contributed by atoms with Crippen molar-refractivity contribution in [2.75, 3.05) is 13.2 Å². The first kappa shape index (κ1) is 17.9. The monoisotopic (exact) mass is 326 g/mol. The predicted molar refractivity (Wildman–Crippen MR) is 92.0 cm³/mol. The summed E-state index contributed by atoms with van der Waals surface area (Å²) in [5, 5.41) is 8.72. The number of carbonyl (C=O) groups excluding carboxylic acids is 2. The highest BCUT2D eigenvalue weighted by molar-refractivity contribution is 6.09. The summed E-state index contributed by atoms with van der Waals surface area (Å²) in [7, 11) is 0. The fraction of sp³-hybridized carbons (Fsp3) is 0.300. The second-order valence-corrected chi connectivity index (χ2v) is 5.64. The molecule has 0 saturated heterocycles. The van der Waals surface area contributed by atoms with Crippen LogP contribution in [0.2, 0.25) is 0 Å². The van der Waals surface area contributed by atoms with Gasteiger partial charge in [-0.25, -0.2) is 0 Å². The minimum absolute atomic E-state index is 0.0686. The van der Waals surface area contributed by atoms with Gasteiger partial charge >= 0.3 is 5.97 Å². The van der Waals surface area contributed by atoms with Gasteiger partial charge in [0.05, 0.1) is 12.5 Å². The Labute approximate surface area is 142 Å². The first-order valence-electron chi connectivity index (χ1n) is 8.10. The average molecular weight is 326 g/mol. The number of carbonyl (C=O) groups is 2. The Bertz CT molecular complexity index is 679. The zero-order valence-electron chi connectivity index (χ0n) is 13.8. The third-order valence-corrected chi connectivity index (χ3v) is 3.84. The molecule has 0 aliphatic heterocycles. The molecule has 1 N–H and O–H groups in total. The number of aliphatic hydroxyl groups excluding tert-OH is 1. The van der Waals surface area contributed by atoms with E-state index in [1.165, 1.54) is 0 Å². The van der Waals surface area contributed by atoms with E-state index in [2.05, 4.69) is 0 Å². The molecule has 0 heterocycles. The molecule has 0 spiro atoms. The van der Waals surface area contributed by atoms with Gasteiger partial charge < -0.3 is 9.84 Å². The molecule has 0 aliphatic rings. The minimum Gasteiger partial charge on any atom is -0.465 e. The molecule has 2 aromatic rings. The van der Waals surface area contributed by atoms with Crippen molar-refractivity contribution in [2.24, 2.45) is 0 Å². The minimum atomic E-state index is -0.442. The third-order valence-electron chi connectivity index (χ3n) is 3.84. The van der Waals surface area contributed by atoms with Crippen molar-refractivity contribution >= 4 is 11.8 Å². The van der Waals surface area contributed by atoms with Crippen molar-refractivity contribution in [1.82, 2.24) is 0 Å². The lowest BCUT2D eigenvalue weighted by atomic mass is 9.96. The average Bonchev–Trinajstić information content (AvgIpc) is 2.64. The van der Waals surface area contributed by atoms with Crippen LogP contribution in [0.3, 0.4) is 0 Å². The van der Waals surface area contributed by atoms with Crippen LogP contribution in [0, 0.1) is 0 Å². The molecule has 24 heavy (non-hydrogen) atoms. The Hall–Kier alpha value is -2.46. The SMILES string of the molecule is CC(C(=O)OCCCCO)c1cccc(C(=O)c2ccccc2)c1. The van der Waals surface area contributed by atoms with Gasteiger partial charge in [-0.15, -0.1) is 0 Å². The number of hydrogen-bond acceptors (Lipinski definition) is 4. The van der Waals surface area contributed by atoms with Crippen LogP contribution in [-0.2, 0) is 9.53 Å². The van der Waals surface area contributed by atoms with Gasteiger partial charge in [0.2, 0.25) is 0 Å². The van der Waals surface area contributed by atoms with Crippen molar-refractivity contribution in [2.45, 2.75) is 25.7 Å². The number of unbranched alkanes of at least 4 members (excludes halogenated alkanes) is 1. The normalized spacial score (nSPS) is 11.8. The first-order chi connectivity index (χ1) is 11.6. The largest absolute Gasteiger partial charge is 0.465 e. The molecule has 4 heteroatoms. The number of rotatable bonds is 8. The predicted octanol–water partition coefficient (Wildman–Crippen LogP) is 3.34. The van der Waals surface area contributed by atoms with Crippen molar-refractivity contribution in [3.05, 3.63) is 71.3 Å². The molecular weight excluding hydrogens is 304 g/mol.